The number of ether oxygens (including phenoxy) is 1. The molecule has 0 saturated carbocycles. The summed E-state index contributed by atoms with van der Waals surface area (Å²) >= 11 is 6.36. The van der Waals surface area contributed by atoms with Gasteiger partial charge in [-0.05, 0) is 22.4 Å². The first-order chi connectivity index (χ1) is 13.5. The van der Waals surface area contributed by atoms with Crippen LogP contribution in [-0.4, -0.2) is 75.2 Å². The number of hydrogen-bond acceptors (Lipinski definition) is 7. The van der Waals surface area contributed by atoms with Crippen molar-refractivity contribution in [2.45, 2.75) is 19.9 Å². The van der Waals surface area contributed by atoms with Crippen LogP contribution in [-0.2, 0) is 0 Å². The molecule has 1 amide bonds. The van der Waals surface area contributed by atoms with Gasteiger partial charge in [-0.15, -0.1) is 5.10 Å². The zero-order valence-electron chi connectivity index (χ0n) is 16.0. The average Bonchev–Trinajstić information content (AvgIpc) is 3.22. The molecule has 0 N–H and O–H groups in total. The molecule has 0 bridgehead atoms. The Bertz CT molecular complexity index is 871. The summed E-state index contributed by atoms with van der Waals surface area (Å²) in [5, 5.41) is 20.7. The average molecular weight is 404 g/mol. The summed E-state index contributed by atoms with van der Waals surface area (Å²) in [5.74, 6) is 0.490. The Kier molecular flexibility index (Phi) is 6.11. The van der Waals surface area contributed by atoms with Crippen LogP contribution in [0.2, 0.25) is 5.02 Å². The van der Waals surface area contributed by atoms with E-state index in [1.165, 1.54) is 18.1 Å². The lowest BCUT2D eigenvalue weighted by Gasteiger charge is -2.38. The Morgan fingerprint density at radius 1 is 1.29 bits per heavy atom. The molecule has 1 aromatic heterocycles. The summed E-state index contributed by atoms with van der Waals surface area (Å²) in [6.45, 7) is 6.45. The smallest absolute Gasteiger partial charge is 0.257 e. The highest BCUT2D eigenvalue weighted by molar-refractivity contribution is 6.33. The van der Waals surface area contributed by atoms with Gasteiger partial charge in [0.2, 0.25) is 0 Å². The molecule has 28 heavy (non-hydrogen) atoms. The van der Waals surface area contributed by atoms with Crippen molar-refractivity contribution in [3.8, 4) is 17.5 Å². The van der Waals surface area contributed by atoms with Gasteiger partial charge in [-0.2, -0.15) is 9.94 Å². The molecule has 1 saturated heterocycles. The molecule has 0 radical (unpaired) electrons. The highest BCUT2D eigenvalue weighted by Crippen LogP contribution is 2.30. The second-order valence-electron chi connectivity index (χ2n) is 6.90. The lowest BCUT2D eigenvalue weighted by Crippen LogP contribution is -2.52. The standard InChI is InChI=1S/C18H22ClN7O2/c1-12(2)16(10-20)24-4-6-25(7-5-24)18(27)13-8-14(19)15(9-17(13)28-3)26-11-21-22-23-26/h8-9,11-12,16H,4-7H2,1-3H3. The van der Waals surface area contributed by atoms with Gasteiger partial charge in [0, 0.05) is 32.2 Å². The SMILES string of the molecule is COc1cc(-n2cnnn2)c(Cl)cc1C(=O)N1CCN(C(C#N)C(C)C)CC1. The van der Waals surface area contributed by atoms with Crippen LogP contribution in [0.5, 0.6) is 5.75 Å². The van der Waals surface area contributed by atoms with Gasteiger partial charge in [0.25, 0.3) is 5.91 Å². The van der Waals surface area contributed by atoms with Crippen LogP contribution in [0.1, 0.15) is 24.2 Å². The van der Waals surface area contributed by atoms with Crippen molar-refractivity contribution in [3.05, 3.63) is 29.0 Å². The molecule has 9 nitrogen and oxygen atoms in total. The third-order valence-electron chi connectivity index (χ3n) is 4.85. The van der Waals surface area contributed by atoms with Crippen LogP contribution < -0.4 is 4.74 Å². The number of carbonyl (C=O) groups is 1. The third kappa shape index (κ3) is 3.93. The lowest BCUT2D eigenvalue weighted by atomic mass is 10.0. The Morgan fingerprint density at radius 3 is 2.54 bits per heavy atom. The van der Waals surface area contributed by atoms with Crippen molar-refractivity contribution in [2.75, 3.05) is 33.3 Å². The number of halogens is 1. The highest BCUT2D eigenvalue weighted by atomic mass is 35.5. The van der Waals surface area contributed by atoms with E-state index in [0.717, 1.165) is 0 Å². The Morgan fingerprint density at radius 2 is 2.00 bits per heavy atom. The van der Waals surface area contributed by atoms with Crippen LogP contribution in [0.25, 0.3) is 5.69 Å². The second kappa shape index (κ2) is 8.54. The molecule has 2 heterocycles. The Hall–Kier alpha value is -2.70. The number of tetrazole rings is 1. The van der Waals surface area contributed by atoms with E-state index in [0.29, 0.717) is 48.2 Å². The molecule has 1 aromatic carbocycles. The Balaban J connectivity index is 1.78. The predicted molar refractivity (Wildman–Crippen MR) is 102 cm³/mol. The summed E-state index contributed by atoms with van der Waals surface area (Å²) in [7, 11) is 1.50. The quantitative estimate of drug-likeness (QED) is 0.747. The minimum atomic E-state index is -0.153. The monoisotopic (exact) mass is 403 g/mol. The molecular weight excluding hydrogens is 382 g/mol. The van der Waals surface area contributed by atoms with Crippen molar-refractivity contribution in [1.82, 2.24) is 30.0 Å². The van der Waals surface area contributed by atoms with Crippen molar-refractivity contribution in [1.29, 1.82) is 5.26 Å². The predicted octanol–water partition coefficient (Wildman–Crippen LogP) is 1.63. The maximum atomic E-state index is 13.1. The van der Waals surface area contributed by atoms with Crippen LogP contribution in [0.15, 0.2) is 18.5 Å². The molecule has 3 rings (SSSR count). The number of benzene rings is 1. The lowest BCUT2D eigenvalue weighted by molar-refractivity contribution is 0.0574. The number of methoxy groups -OCH3 is 1. The van der Waals surface area contributed by atoms with E-state index in [4.69, 9.17) is 16.3 Å². The number of carbonyl (C=O) groups excluding carboxylic acids is 1. The molecule has 0 spiro atoms. The van der Waals surface area contributed by atoms with E-state index in [-0.39, 0.29) is 17.9 Å². The van der Waals surface area contributed by atoms with E-state index >= 15 is 0 Å². The first-order valence-corrected chi connectivity index (χ1v) is 9.38. The minimum absolute atomic E-state index is 0.142. The number of rotatable bonds is 5. The molecule has 1 aliphatic heterocycles. The second-order valence-corrected chi connectivity index (χ2v) is 7.31. The fraction of sp³-hybridized carbons (Fsp3) is 0.500. The topological polar surface area (TPSA) is 100 Å². The molecule has 0 aliphatic carbocycles. The molecule has 148 valence electrons. The molecule has 1 atom stereocenters. The van der Waals surface area contributed by atoms with Crippen LogP contribution in [0, 0.1) is 17.2 Å². The fourth-order valence-corrected chi connectivity index (χ4v) is 3.60. The zero-order valence-corrected chi connectivity index (χ0v) is 16.8. The summed E-state index contributed by atoms with van der Waals surface area (Å²) in [6, 6.07) is 5.44. The van der Waals surface area contributed by atoms with E-state index < -0.39 is 0 Å². The number of nitriles is 1. The number of nitrogens with zero attached hydrogens (tertiary/aromatic N) is 7. The summed E-state index contributed by atoms with van der Waals surface area (Å²) in [5.41, 5.74) is 0.914. The van der Waals surface area contributed by atoms with Crippen molar-refractivity contribution in [3.63, 3.8) is 0 Å². The van der Waals surface area contributed by atoms with Crippen molar-refractivity contribution in [2.24, 2.45) is 5.92 Å². The molecular formula is C18H22ClN7O2. The fourth-order valence-electron chi connectivity index (χ4n) is 3.35. The number of aromatic nitrogens is 4. The van der Waals surface area contributed by atoms with E-state index in [1.54, 1.807) is 17.0 Å². The van der Waals surface area contributed by atoms with Crippen LogP contribution in [0.3, 0.4) is 0 Å². The number of amides is 1. The van der Waals surface area contributed by atoms with Crippen LogP contribution in [0.4, 0.5) is 0 Å². The van der Waals surface area contributed by atoms with E-state index in [2.05, 4.69) is 26.5 Å². The largest absolute Gasteiger partial charge is 0.496 e. The summed E-state index contributed by atoms with van der Waals surface area (Å²) < 4.78 is 6.83. The molecule has 1 unspecified atom stereocenters. The van der Waals surface area contributed by atoms with Gasteiger partial charge in [-0.1, -0.05) is 25.4 Å². The van der Waals surface area contributed by atoms with Gasteiger partial charge >= 0.3 is 0 Å². The molecule has 1 aliphatic rings. The van der Waals surface area contributed by atoms with Crippen molar-refractivity contribution < 1.29 is 9.53 Å². The zero-order chi connectivity index (χ0) is 20.3. The van der Waals surface area contributed by atoms with Gasteiger partial charge in [0.15, 0.2) is 0 Å². The molecule has 2 aromatic rings. The van der Waals surface area contributed by atoms with Gasteiger partial charge in [-0.25, -0.2) is 0 Å². The highest BCUT2D eigenvalue weighted by Gasteiger charge is 2.29. The van der Waals surface area contributed by atoms with E-state index in [9.17, 15) is 10.1 Å². The van der Waals surface area contributed by atoms with Crippen molar-refractivity contribution >= 4 is 17.5 Å². The van der Waals surface area contributed by atoms with Gasteiger partial charge in [-0.3, -0.25) is 9.69 Å². The minimum Gasteiger partial charge on any atom is -0.496 e. The normalized spacial score (nSPS) is 16.1. The first-order valence-electron chi connectivity index (χ1n) is 9.00. The molecule has 1 fully saturated rings. The van der Waals surface area contributed by atoms with Gasteiger partial charge in [0.05, 0.1) is 29.5 Å². The number of hydrogen-bond donors (Lipinski definition) is 0. The molecule has 10 heteroatoms. The third-order valence-corrected chi connectivity index (χ3v) is 5.16. The number of piperazine rings is 1. The van der Waals surface area contributed by atoms with Gasteiger partial charge < -0.3 is 9.64 Å². The first kappa shape index (κ1) is 20.0. The van der Waals surface area contributed by atoms with Gasteiger partial charge in [0.1, 0.15) is 18.1 Å². The maximum Gasteiger partial charge on any atom is 0.257 e. The summed E-state index contributed by atoms with van der Waals surface area (Å²) in [6.07, 6.45) is 1.42. The summed E-state index contributed by atoms with van der Waals surface area (Å²) in [4.78, 5) is 17.0. The Labute approximate surface area is 168 Å². The van der Waals surface area contributed by atoms with Crippen LogP contribution >= 0.6 is 11.6 Å². The maximum absolute atomic E-state index is 13.1. The van der Waals surface area contributed by atoms with E-state index in [1.807, 2.05) is 13.8 Å².